The normalized spacial score (nSPS) is 21.4. The molecule has 0 spiro atoms. The van der Waals surface area contributed by atoms with Crippen LogP contribution in [0.4, 0.5) is 0 Å². The summed E-state index contributed by atoms with van der Waals surface area (Å²) in [5.41, 5.74) is 1.12. The average molecular weight is 349 g/mol. The molecule has 2 aromatic rings. The van der Waals surface area contributed by atoms with Crippen molar-refractivity contribution in [1.29, 1.82) is 0 Å². The van der Waals surface area contributed by atoms with Crippen molar-refractivity contribution < 1.29 is 14.0 Å². The van der Waals surface area contributed by atoms with Crippen LogP contribution in [0.5, 0.6) is 0 Å². The van der Waals surface area contributed by atoms with E-state index in [1.807, 2.05) is 19.2 Å². The van der Waals surface area contributed by atoms with Crippen LogP contribution in [0, 0.1) is 0 Å². The number of rotatable bonds is 3. The Morgan fingerprint density at radius 1 is 0.917 bits per heavy atom. The zero-order valence-corrected chi connectivity index (χ0v) is 15.0. The van der Waals surface area contributed by atoms with Gasteiger partial charge in [-0.3, -0.25) is 4.57 Å². The number of morpholine rings is 2. The van der Waals surface area contributed by atoms with Crippen LogP contribution in [-0.2, 0) is 21.1 Å². The van der Waals surface area contributed by atoms with Gasteiger partial charge in [0.05, 0.1) is 31.7 Å². The van der Waals surface area contributed by atoms with Gasteiger partial charge in [0.1, 0.15) is 0 Å². The van der Waals surface area contributed by atoms with Gasteiger partial charge in [0.2, 0.25) is 7.44 Å². The molecule has 0 radical (unpaired) electrons. The van der Waals surface area contributed by atoms with Gasteiger partial charge in [-0.15, -0.1) is 0 Å². The van der Waals surface area contributed by atoms with E-state index in [-0.39, 0.29) is 0 Å². The van der Waals surface area contributed by atoms with E-state index in [0.29, 0.717) is 52.6 Å². The molecule has 0 N–H and O–H groups in total. The zero-order valence-electron chi connectivity index (χ0n) is 14.1. The number of aryl methyl sites for hydroxylation is 1. The van der Waals surface area contributed by atoms with Crippen LogP contribution in [0.2, 0.25) is 0 Å². The van der Waals surface area contributed by atoms with Gasteiger partial charge >= 0.3 is 0 Å². The van der Waals surface area contributed by atoms with E-state index in [1.54, 1.807) is 0 Å². The Balaban J connectivity index is 1.86. The monoisotopic (exact) mass is 349 g/mol. The second-order valence-corrected chi connectivity index (χ2v) is 9.02. The Morgan fingerprint density at radius 2 is 1.46 bits per heavy atom. The maximum Gasteiger partial charge on any atom is 0.248 e. The predicted octanol–water partition coefficient (Wildman–Crippen LogP) is 1.66. The van der Waals surface area contributed by atoms with E-state index in [2.05, 4.69) is 32.2 Å². The van der Waals surface area contributed by atoms with E-state index in [9.17, 15) is 4.57 Å². The number of nitrogens with zero attached hydrogens (tertiary/aromatic N) is 3. The van der Waals surface area contributed by atoms with Crippen molar-refractivity contribution in [2.75, 3.05) is 52.6 Å². The topological polar surface area (TPSA) is 46.9 Å². The SMILES string of the molecule is Cn1cc(P(=O)(N2CCOCC2)N2CCOCC2)c2ccccc21. The summed E-state index contributed by atoms with van der Waals surface area (Å²) in [6.45, 7) is 5.38. The summed E-state index contributed by atoms with van der Waals surface area (Å²) in [6.07, 6.45) is 2.05. The van der Waals surface area contributed by atoms with Crippen LogP contribution in [0.3, 0.4) is 0 Å². The fraction of sp³-hybridized carbons (Fsp3) is 0.529. The quantitative estimate of drug-likeness (QED) is 0.789. The number of hydrogen-bond donors (Lipinski definition) is 0. The highest BCUT2D eigenvalue weighted by Gasteiger charge is 2.42. The van der Waals surface area contributed by atoms with Gasteiger partial charge in [0, 0.05) is 50.3 Å². The smallest absolute Gasteiger partial charge is 0.248 e. The molecule has 3 heterocycles. The van der Waals surface area contributed by atoms with E-state index in [1.165, 1.54) is 0 Å². The third kappa shape index (κ3) is 2.63. The Hall–Kier alpha value is -1.17. The van der Waals surface area contributed by atoms with Gasteiger partial charge in [-0.1, -0.05) is 18.2 Å². The first-order chi connectivity index (χ1) is 11.7. The minimum Gasteiger partial charge on any atom is -0.379 e. The van der Waals surface area contributed by atoms with Gasteiger partial charge in [0.15, 0.2) is 0 Å². The molecule has 0 bridgehead atoms. The maximum atomic E-state index is 14.5. The van der Waals surface area contributed by atoms with E-state index in [4.69, 9.17) is 9.47 Å². The fourth-order valence-electron chi connectivity index (χ4n) is 3.69. The fourth-order valence-corrected chi connectivity index (χ4v) is 6.89. The van der Waals surface area contributed by atoms with E-state index in [0.717, 1.165) is 16.2 Å². The average Bonchev–Trinajstić information content (AvgIpc) is 3.00. The minimum absolute atomic E-state index is 0.638. The summed E-state index contributed by atoms with van der Waals surface area (Å²) in [4.78, 5) is 0. The number of fused-ring (bicyclic) bond motifs is 1. The number of para-hydroxylation sites is 1. The molecule has 2 aliphatic rings. The lowest BCUT2D eigenvalue weighted by molar-refractivity contribution is 0.0538. The summed E-state index contributed by atoms with van der Waals surface area (Å²) in [5, 5.41) is 2.03. The molecule has 0 unspecified atom stereocenters. The van der Waals surface area contributed by atoms with Crippen molar-refractivity contribution in [1.82, 2.24) is 13.9 Å². The van der Waals surface area contributed by atoms with Gasteiger partial charge in [-0.05, 0) is 6.07 Å². The minimum atomic E-state index is -2.86. The van der Waals surface area contributed by atoms with Crippen LogP contribution in [0.1, 0.15) is 0 Å². The van der Waals surface area contributed by atoms with Crippen molar-refractivity contribution in [3.8, 4) is 0 Å². The number of benzene rings is 1. The third-order valence-corrected chi connectivity index (χ3v) is 8.25. The Morgan fingerprint density at radius 3 is 2.04 bits per heavy atom. The lowest BCUT2D eigenvalue weighted by Crippen LogP contribution is -2.46. The van der Waals surface area contributed by atoms with E-state index >= 15 is 0 Å². The molecular weight excluding hydrogens is 325 g/mol. The summed E-state index contributed by atoms with van der Waals surface area (Å²) in [5.74, 6) is 0. The van der Waals surface area contributed by atoms with E-state index < -0.39 is 7.44 Å². The second kappa shape index (κ2) is 6.62. The van der Waals surface area contributed by atoms with Crippen molar-refractivity contribution in [3.05, 3.63) is 30.5 Å². The second-order valence-electron chi connectivity index (χ2n) is 6.32. The Kier molecular flexibility index (Phi) is 4.50. The molecule has 2 fully saturated rings. The van der Waals surface area contributed by atoms with Crippen LogP contribution in [0.15, 0.2) is 30.5 Å². The number of aromatic nitrogens is 1. The van der Waals surface area contributed by atoms with Gasteiger partial charge in [-0.2, -0.15) is 0 Å². The summed E-state index contributed by atoms with van der Waals surface area (Å²) >= 11 is 0. The molecule has 0 amide bonds. The summed E-state index contributed by atoms with van der Waals surface area (Å²) in [6, 6.07) is 8.22. The van der Waals surface area contributed by atoms with Crippen LogP contribution < -0.4 is 5.30 Å². The number of ether oxygens (including phenoxy) is 2. The first-order valence-electron chi connectivity index (χ1n) is 8.52. The van der Waals surface area contributed by atoms with Crippen molar-refractivity contribution in [2.24, 2.45) is 7.05 Å². The molecule has 4 rings (SSSR count). The highest BCUT2D eigenvalue weighted by Crippen LogP contribution is 2.54. The molecule has 0 saturated carbocycles. The molecule has 2 saturated heterocycles. The molecule has 1 aromatic carbocycles. The molecular formula is C17H24N3O3P. The van der Waals surface area contributed by atoms with Gasteiger partial charge in [0.25, 0.3) is 0 Å². The zero-order chi connectivity index (χ0) is 16.6. The van der Waals surface area contributed by atoms with Crippen LogP contribution >= 0.6 is 7.44 Å². The Labute approximate surface area is 142 Å². The summed E-state index contributed by atoms with van der Waals surface area (Å²) < 4.78 is 31.8. The summed E-state index contributed by atoms with van der Waals surface area (Å²) in [7, 11) is -0.839. The maximum absolute atomic E-state index is 14.5. The highest BCUT2D eigenvalue weighted by molar-refractivity contribution is 7.67. The van der Waals surface area contributed by atoms with Crippen LogP contribution in [0.25, 0.3) is 10.9 Å². The predicted molar refractivity (Wildman–Crippen MR) is 94.9 cm³/mol. The Bertz CT molecular complexity index is 742. The molecule has 1 aromatic heterocycles. The van der Waals surface area contributed by atoms with Crippen LogP contribution in [-0.4, -0.2) is 66.5 Å². The first kappa shape index (κ1) is 16.3. The lowest BCUT2D eigenvalue weighted by atomic mass is 10.2. The number of hydrogen-bond acceptors (Lipinski definition) is 3. The lowest BCUT2D eigenvalue weighted by Gasteiger charge is -2.42. The van der Waals surface area contributed by atoms with Crippen molar-refractivity contribution in [3.63, 3.8) is 0 Å². The van der Waals surface area contributed by atoms with Gasteiger partial charge < -0.3 is 14.0 Å². The molecule has 2 aliphatic heterocycles. The van der Waals surface area contributed by atoms with Gasteiger partial charge in [-0.25, -0.2) is 9.34 Å². The standard InChI is InChI=1S/C17H24N3O3P/c1-18-14-17(15-4-2-3-5-16(15)18)24(21,19-6-10-22-11-7-19)20-8-12-23-13-9-20/h2-5,14H,6-13H2,1H3. The molecule has 6 nitrogen and oxygen atoms in total. The van der Waals surface area contributed by atoms with Crippen molar-refractivity contribution in [2.45, 2.75) is 0 Å². The molecule has 0 aliphatic carbocycles. The molecule has 0 atom stereocenters. The van der Waals surface area contributed by atoms with Crippen molar-refractivity contribution >= 4 is 23.7 Å². The third-order valence-electron chi connectivity index (χ3n) is 4.93. The molecule has 130 valence electrons. The first-order valence-corrected chi connectivity index (χ1v) is 10.1. The largest absolute Gasteiger partial charge is 0.379 e. The molecule has 24 heavy (non-hydrogen) atoms. The molecule has 7 heteroatoms. The highest BCUT2D eigenvalue weighted by atomic mass is 31.2.